The molecule has 0 fully saturated rings. The molecule has 0 radical (unpaired) electrons. The first-order chi connectivity index (χ1) is 18.7. The molecular formula is C32H18FN5. The molecule has 8 rings (SSSR count). The average molecular weight is 492 g/mol. The van der Waals surface area contributed by atoms with E-state index in [1.54, 1.807) is 12.1 Å². The van der Waals surface area contributed by atoms with Gasteiger partial charge in [0.2, 0.25) is 5.78 Å². The van der Waals surface area contributed by atoms with Crippen molar-refractivity contribution in [1.29, 1.82) is 5.26 Å². The van der Waals surface area contributed by atoms with E-state index in [4.69, 9.17) is 4.98 Å². The van der Waals surface area contributed by atoms with Crippen LogP contribution in [-0.4, -0.2) is 18.9 Å². The number of hydrogen-bond acceptors (Lipinski definition) is 2. The van der Waals surface area contributed by atoms with Crippen molar-refractivity contribution >= 4 is 49.7 Å². The predicted molar refractivity (Wildman–Crippen MR) is 149 cm³/mol. The first kappa shape index (κ1) is 20.7. The smallest absolute Gasteiger partial charge is 0.220 e. The third kappa shape index (κ3) is 2.65. The minimum atomic E-state index is -0.522. The van der Waals surface area contributed by atoms with Crippen LogP contribution in [0.5, 0.6) is 0 Å². The first-order valence-corrected chi connectivity index (χ1v) is 12.3. The summed E-state index contributed by atoms with van der Waals surface area (Å²) < 4.78 is 18.9. The molecule has 6 heteroatoms. The maximum atomic E-state index is 14.6. The largest absolute Gasteiger partial charge is 0.352 e. The summed E-state index contributed by atoms with van der Waals surface area (Å²) in [6, 6.07) is 35.4. The first-order valence-electron chi connectivity index (χ1n) is 12.3. The van der Waals surface area contributed by atoms with Crippen LogP contribution >= 0.6 is 0 Å². The Morgan fingerprint density at radius 3 is 2.34 bits per heavy atom. The van der Waals surface area contributed by atoms with Gasteiger partial charge in [-0.25, -0.2) is 9.37 Å². The third-order valence-electron chi connectivity index (χ3n) is 7.40. The second kappa shape index (κ2) is 7.55. The summed E-state index contributed by atoms with van der Waals surface area (Å²) in [6.07, 6.45) is 0. The molecule has 38 heavy (non-hydrogen) atoms. The lowest BCUT2D eigenvalue weighted by molar-refractivity contribution is 0.624. The van der Waals surface area contributed by atoms with Crippen LogP contribution in [0.15, 0.2) is 103 Å². The van der Waals surface area contributed by atoms with E-state index in [0.29, 0.717) is 5.56 Å². The van der Waals surface area contributed by atoms with Gasteiger partial charge in [0, 0.05) is 27.6 Å². The molecule has 178 valence electrons. The Morgan fingerprint density at radius 2 is 1.47 bits per heavy atom. The molecule has 0 amide bonds. The van der Waals surface area contributed by atoms with Gasteiger partial charge in [0.05, 0.1) is 38.7 Å². The lowest BCUT2D eigenvalue weighted by Crippen LogP contribution is -1.95. The molecule has 0 unspecified atom stereocenters. The van der Waals surface area contributed by atoms with E-state index in [9.17, 15) is 9.65 Å². The summed E-state index contributed by atoms with van der Waals surface area (Å²) in [5, 5.41) is 11.8. The van der Waals surface area contributed by atoms with Crippen molar-refractivity contribution in [1.82, 2.24) is 18.9 Å². The molecular weight excluding hydrogens is 473 g/mol. The van der Waals surface area contributed by atoms with E-state index in [0.717, 1.165) is 60.9 Å². The molecule has 3 heterocycles. The maximum absolute atomic E-state index is 14.6. The van der Waals surface area contributed by atoms with Gasteiger partial charge < -0.3 is 4.98 Å². The molecule has 3 aromatic heterocycles. The quantitative estimate of drug-likeness (QED) is 0.269. The maximum Gasteiger partial charge on any atom is 0.220 e. The summed E-state index contributed by atoms with van der Waals surface area (Å²) in [4.78, 5) is 8.70. The number of fused-ring (bicyclic) bond motifs is 9. The number of rotatable bonds is 2. The SMILES string of the molecule is N#Cc1c(F)cccc1-c1cccc2c1[nH]c1c2ccc2c1n(-c1ccccc1)c1nc3ccccc3n21. The number of para-hydroxylation sites is 4. The molecule has 0 saturated carbocycles. The van der Waals surface area contributed by atoms with Gasteiger partial charge in [-0.2, -0.15) is 5.26 Å². The number of nitrogens with zero attached hydrogens (tertiary/aromatic N) is 4. The molecule has 0 atom stereocenters. The van der Waals surface area contributed by atoms with E-state index >= 15 is 0 Å². The zero-order valence-electron chi connectivity index (χ0n) is 20.0. The fraction of sp³-hybridized carbons (Fsp3) is 0. The van der Waals surface area contributed by atoms with E-state index in [2.05, 4.69) is 50.3 Å². The molecule has 0 aliphatic rings. The van der Waals surface area contributed by atoms with Gasteiger partial charge in [0.1, 0.15) is 11.9 Å². The summed E-state index contributed by atoms with van der Waals surface area (Å²) in [6.45, 7) is 0. The number of hydrogen-bond donors (Lipinski definition) is 1. The summed E-state index contributed by atoms with van der Waals surface area (Å²) in [5.74, 6) is 0.308. The van der Waals surface area contributed by atoms with Gasteiger partial charge in [-0.05, 0) is 42.5 Å². The minimum absolute atomic E-state index is 0.0430. The van der Waals surface area contributed by atoms with E-state index in [-0.39, 0.29) is 5.56 Å². The Morgan fingerprint density at radius 1 is 0.711 bits per heavy atom. The number of aromatic nitrogens is 4. The van der Waals surface area contributed by atoms with Gasteiger partial charge >= 0.3 is 0 Å². The van der Waals surface area contributed by atoms with Crippen molar-refractivity contribution in [2.45, 2.75) is 0 Å². The minimum Gasteiger partial charge on any atom is -0.352 e. The molecule has 0 aliphatic heterocycles. The number of imidazole rings is 2. The van der Waals surface area contributed by atoms with Crippen LogP contribution in [-0.2, 0) is 0 Å². The number of benzene rings is 5. The van der Waals surface area contributed by atoms with Crippen molar-refractivity contribution in [3.63, 3.8) is 0 Å². The van der Waals surface area contributed by atoms with Gasteiger partial charge in [0.15, 0.2) is 0 Å². The van der Waals surface area contributed by atoms with Gasteiger partial charge in [-0.1, -0.05) is 60.7 Å². The summed E-state index contributed by atoms with van der Waals surface area (Å²) in [5.41, 5.74) is 8.23. The van der Waals surface area contributed by atoms with Gasteiger partial charge in [-0.15, -0.1) is 0 Å². The Balaban J connectivity index is 1.56. The highest BCUT2D eigenvalue weighted by molar-refractivity contribution is 6.19. The molecule has 1 N–H and O–H groups in total. The molecule has 0 spiro atoms. The predicted octanol–water partition coefficient (Wildman–Crippen LogP) is 7.74. The van der Waals surface area contributed by atoms with Crippen LogP contribution in [0.2, 0.25) is 0 Å². The Kier molecular flexibility index (Phi) is 4.12. The van der Waals surface area contributed by atoms with Crippen molar-refractivity contribution in [3.8, 4) is 22.9 Å². The van der Waals surface area contributed by atoms with Crippen molar-refractivity contribution < 1.29 is 4.39 Å². The lowest BCUT2D eigenvalue weighted by atomic mass is 9.97. The van der Waals surface area contributed by atoms with Crippen LogP contribution in [0.1, 0.15) is 5.56 Å². The van der Waals surface area contributed by atoms with Crippen LogP contribution in [0.3, 0.4) is 0 Å². The van der Waals surface area contributed by atoms with Crippen LogP contribution in [0.25, 0.3) is 66.5 Å². The van der Waals surface area contributed by atoms with Gasteiger partial charge in [0.25, 0.3) is 0 Å². The zero-order chi connectivity index (χ0) is 25.4. The van der Waals surface area contributed by atoms with Crippen LogP contribution in [0, 0.1) is 17.1 Å². The highest BCUT2D eigenvalue weighted by atomic mass is 19.1. The normalized spacial score (nSPS) is 11.8. The third-order valence-corrected chi connectivity index (χ3v) is 7.40. The van der Waals surface area contributed by atoms with E-state index in [1.807, 2.05) is 54.6 Å². The topological polar surface area (TPSA) is 61.8 Å². The Bertz CT molecular complexity index is 2260. The standard InChI is InChI=1S/C32H18FN5/c33-25-13-7-10-20(24(25)18-34)21-11-6-12-22-23-16-17-28-31(30(23)36-29(21)22)37(19-8-2-1-3-9-19)32-35-26-14-4-5-15-27(26)38(28)32/h1-17,36H. The molecule has 8 aromatic rings. The van der Waals surface area contributed by atoms with E-state index < -0.39 is 5.82 Å². The Hall–Kier alpha value is -5.41. The molecule has 0 bridgehead atoms. The van der Waals surface area contributed by atoms with Crippen molar-refractivity contribution in [3.05, 3.63) is 115 Å². The number of aromatic amines is 1. The number of nitrogens with one attached hydrogen (secondary N) is 1. The molecule has 5 nitrogen and oxygen atoms in total. The second-order valence-electron chi connectivity index (χ2n) is 9.39. The molecule has 0 aliphatic carbocycles. The fourth-order valence-corrected chi connectivity index (χ4v) is 5.78. The van der Waals surface area contributed by atoms with Crippen molar-refractivity contribution in [2.75, 3.05) is 0 Å². The van der Waals surface area contributed by atoms with Gasteiger partial charge in [-0.3, -0.25) is 8.97 Å². The molecule has 0 saturated heterocycles. The number of H-pyrrole nitrogens is 1. The van der Waals surface area contributed by atoms with Crippen LogP contribution < -0.4 is 0 Å². The highest BCUT2D eigenvalue weighted by Crippen LogP contribution is 2.39. The number of nitriles is 1. The summed E-state index contributed by atoms with van der Waals surface area (Å²) >= 11 is 0. The lowest BCUT2D eigenvalue weighted by Gasteiger charge is -2.06. The van der Waals surface area contributed by atoms with E-state index in [1.165, 1.54) is 6.07 Å². The highest BCUT2D eigenvalue weighted by Gasteiger charge is 2.22. The Labute approximate surface area is 215 Å². The zero-order valence-corrected chi connectivity index (χ0v) is 20.0. The molecule has 5 aromatic carbocycles. The second-order valence-corrected chi connectivity index (χ2v) is 9.39. The fourth-order valence-electron chi connectivity index (χ4n) is 5.78. The monoisotopic (exact) mass is 491 g/mol. The average Bonchev–Trinajstić information content (AvgIpc) is 3.61. The van der Waals surface area contributed by atoms with Crippen molar-refractivity contribution in [2.24, 2.45) is 0 Å². The number of halogens is 1. The van der Waals surface area contributed by atoms with Crippen LogP contribution in [0.4, 0.5) is 4.39 Å². The summed E-state index contributed by atoms with van der Waals surface area (Å²) in [7, 11) is 0.